The number of hydrogen-bond donors (Lipinski definition) is 1. The van der Waals surface area contributed by atoms with Gasteiger partial charge < -0.3 is 9.84 Å². The third-order valence-electron chi connectivity index (χ3n) is 3.30. The number of hydrogen-bond acceptors (Lipinski definition) is 3. The van der Waals surface area contributed by atoms with Crippen molar-refractivity contribution < 1.29 is 14.6 Å². The second kappa shape index (κ2) is 6.89. The fourth-order valence-corrected chi connectivity index (χ4v) is 2.40. The molecule has 4 nitrogen and oxygen atoms in total. The number of carbonyl (C=O) groups is 1. The largest absolute Gasteiger partial charge is 0.480 e. The number of aliphatic carboxylic acids is 1. The summed E-state index contributed by atoms with van der Waals surface area (Å²) < 4.78 is 5.31. The van der Waals surface area contributed by atoms with E-state index < -0.39 is 5.97 Å². The van der Waals surface area contributed by atoms with E-state index >= 15 is 0 Å². The van der Waals surface area contributed by atoms with Gasteiger partial charge in [-0.3, -0.25) is 4.90 Å². The second-order valence-corrected chi connectivity index (χ2v) is 5.24. The van der Waals surface area contributed by atoms with Crippen molar-refractivity contribution in [1.82, 2.24) is 4.90 Å². The van der Waals surface area contributed by atoms with Crippen LogP contribution in [0.5, 0.6) is 0 Å². The summed E-state index contributed by atoms with van der Waals surface area (Å²) in [6.07, 6.45) is 1.86. The van der Waals surface area contributed by atoms with E-state index in [2.05, 4.69) is 4.90 Å². The van der Waals surface area contributed by atoms with Gasteiger partial charge in [0.25, 0.3) is 0 Å². The molecule has 0 aromatic heterocycles. The van der Waals surface area contributed by atoms with Crippen LogP contribution in [0, 0.1) is 0 Å². The highest BCUT2D eigenvalue weighted by Crippen LogP contribution is 2.17. The third-order valence-corrected chi connectivity index (χ3v) is 3.55. The zero-order valence-electron chi connectivity index (χ0n) is 10.7. The van der Waals surface area contributed by atoms with Crippen LogP contribution in [-0.2, 0) is 16.1 Å². The number of carboxylic acids is 1. The van der Waals surface area contributed by atoms with Crippen molar-refractivity contribution in [2.24, 2.45) is 0 Å². The van der Waals surface area contributed by atoms with Crippen LogP contribution in [0.1, 0.15) is 18.4 Å². The maximum atomic E-state index is 10.4. The van der Waals surface area contributed by atoms with E-state index in [1.165, 1.54) is 5.56 Å². The Bertz CT molecular complexity index is 413. The molecule has 0 aliphatic carbocycles. The van der Waals surface area contributed by atoms with Gasteiger partial charge in [0.1, 0.15) is 6.61 Å². The highest BCUT2D eigenvalue weighted by molar-refractivity contribution is 6.30. The van der Waals surface area contributed by atoms with Crippen LogP contribution in [0.15, 0.2) is 24.3 Å². The Morgan fingerprint density at radius 2 is 1.95 bits per heavy atom. The molecule has 0 radical (unpaired) electrons. The minimum atomic E-state index is -0.899. The molecule has 1 aliphatic heterocycles. The molecule has 19 heavy (non-hydrogen) atoms. The molecule has 0 unspecified atom stereocenters. The molecule has 1 fully saturated rings. The smallest absolute Gasteiger partial charge is 0.329 e. The summed E-state index contributed by atoms with van der Waals surface area (Å²) in [7, 11) is 0. The molecule has 5 heteroatoms. The fourth-order valence-electron chi connectivity index (χ4n) is 2.27. The minimum Gasteiger partial charge on any atom is -0.480 e. The summed E-state index contributed by atoms with van der Waals surface area (Å²) in [5.41, 5.74) is 1.24. The zero-order chi connectivity index (χ0) is 13.7. The van der Waals surface area contributed by atoms with Crippen molar-refractivity contribution in [2.45, 2.75) is 25.5 Å². The van der Waals surface area contributed by atoms with Gasteiger partial charge in [0.05, 0.1) is 6.10 Å². The first-order valence-corrected chi connectivity index (χ1v) is 6.81. The monoisotopic (exact) mass is 283 g/mol. The van der Waals surface area contributed by atoms with Crippen molar-refractivity contribution in [3.63, 3.8) is 0 Å². The molecular weight excluding hydrogens is 266 g/mol. The molecule has 0 bridgehead atoms. The molecule has 1 aliphatic rings. The predicted octanol–water partition coefficient (Wildman–Crippen LogP) is 2.41. The van der Waals surface area contributed by atoms with Crippen LogP contribution in [0.2, 0.25) is 5.02 Å². The number of ether oxygens (including phenoxy) is 1. The predicted molar refractivity (Wildman–Crippen MR) is 73.3 cm³/mol. The third kappa shape index (κ3) is 4.82. The molecule has 0 amide bonds. The van der Waals surface area contributed by atoms with Gasteiger partial charge in [0.2, 0.25) is 0 Å². The molecular formula is C14H18ClNO3. The first kappa shape index (κ1) is 14.3. The number of halogens is 1. The van der Waals surface area contributed by atoms with E-state index in [1.54, 1.807) is 0 Å². The van der Waals surface area contributed by atoms with Crippen LogP contribution >= 0.6 is 11.6 Å². The van der Waals surface area contributed by atoms with E-state index in [4.69, 9.17) is 21.4 Å². The molecule has 1 aromatic carbocycles. The maximum Gasteiger partial charge on any atom is 0.329 e. The number of carboxylic acid groups (broad SMARTS) is 1. The van der Waals surface area contributed by atoms with E-state index in [0.29, 0.717) is 0 Å². The average Bonchev–Trinajstić information content (AvgIpc) is 2.40. The Morgan fingerprint density at radius 1 is 1.32 bits per heavy atom. The van der Waals surface area contributed by atoms with Crippen LogP contribution in [0.4, 0.5) is 0 Å². The number of rotatable bonds is 5. The molecule has 0 spiro atoms. The Balaban J connectivity index is 1.74. The highest BCUT2D eigenvalue weighted by atomic mass is 35.5. The van der Waals surface area contributed by atoms with Crippen LogP contribution in [0.3, 0.4) is 0 Å². The fraction of sp³-hybridized carbons (Fsp3) is 0.500. The van der Waals surface area contributed by atoms with E-state index in [0.717, 1.165) is 37.5 Å². The number of piperidine rings is 1. The zero-order valence-corrected chi connectivity index (χ0v) is 11.5. The second-order valence-electron chi connectivity index (χ2n) is 4.81. The summed E-state index contributed by atoms with van der Waals surface area (Å²) in [4.78, 5) is 12.8. The van der Waals surface area contributed by atoms with Gasteiger partial charge in [-0.15, -0.1) is 0 Å². The first-order chi connectivity index (χ1) is 9.13. The molecule has 1 N–H and O–H groups in total. The Morgan fingerprint density at radius 3 is 2.53 bits per heavy atom. The Hall–Kier alpha value is -1.10. The summed E-state index contributed by atoms with van der Waals surface area (Å²) in [6, 6.07) is 7.88. The van der Waals surface area contributed by atoms with Crippen molar-refractivity contribution in [3.8, 4) is 0 Å². The van der Waals surface area contributed by atoms with Crippen molar-refractivity contribution in [3.05, 3.63) is 34.9 Å². The average molecular weight is 284 g/mol. The minimum absolute atomic E-state index is 0.0811. The summed E-state index contributed by atoms with van der Waals surface area (Å²) >= 11 is 5.86. The number of nitrogens with zero attached hydrogens (tertiary/aromatic N) is 1. The van der Waals surface area contributed by atoms with Crippen LogP contribution in [-0.4, -0.2) is 41.8 Å². The van der Waals surface area contributed by atoms with Crippen LogP contribution < -0.4 is 0 Å². The van der Waals surface area contributed by atoms with Gasteiger partial charge in [-0.05, 0) is 30.5 Å². The quantitative estimate of drug-likeness (QED) is 0.901. The standard InChI is InChI=1S/C14H18ClNO3/c15-12-3-1-11(2-4-12)9-16-7-5-13(6-8-16)19-10-14(17)18/h1-4,13H,5-10H2,(H,17,18). The van der Waals surface area contributed by atoms with Crippen molar-refractivity contribution in [2.75, 3.05) is 19.7 Å². The maximum absolute atomic E-state index is 10.4. The van der Waals surface area contributed by atoms with Crippen LogP contribution in [0.25, 0.3) is 0 Å². The molecule has 0 atom stereocenters. The number of benzene rings is 1. The van der Waals surface area contributed by atoms with Crippen molar-refractivity contribution in [1.29, 1.82) is 0 Å². The van der Waals surface area contributed by atoms with Gasteiger partial charge in [-0.1, -0.05) is 23.7 Å². The summed E-state index contributed by atoms with van der Waals surface area (Å²) in [6.45, 7) is 2.59. The topological polar surface area (TPSA) is 49.8 Å². The van der Waals surface area contributed by atoms with Gasteiger partial charge in [0.15, 0.2) is 0 Å². The number of likely N-dealkylation sites (tertiary alicyclic amines) is 1. The Labute approximate surface area is 117 Å². The Kier molecular flexibility index (Phi) is 5.19. The highest BCUT2D eigenvalue weighted by Gasteiger charge is 2.20. The van der Waals surface area contributed by atoms with E-state index in [1.807, 2.05) is 24.3 Å². The normalized spacial score (nSPS) is 17.5. The molecule has 1 aromatic rings. The van der Waals surface area contributed by atoms with Gasteiger partial charge in [-0.25, -0.2) is 4.79 Å². The molecule has 0 saturated carbocycles. The van der Waals surface area contributed by atoms with E-state index in [-0.39, 0.29) is 12.7 Å². The van der Waals surface area contributed by atoms with E-state index in [9.17, 15) is 4.79 Å². The molecule has 2 rings (SSSR count). The lowest BCUT2D eigenvalue weighted by molar-refractivity contribution is -0.145. The van der Waals surface area contributed by atoms with Gasteiger partial charge in [0, 0.05) is 24.7 Å². The molecule has 1 heterocycles. The lowest BCUT2D eigenvalue weighted by atomic mass is 10.1. The van der Waals surface area contributed by atoms with Gasteiger partial charge >= 0.3 is 5.97 Å². The lowest BCUT2D eigenvalue weighted by Crippen LogP contribution is -2.37. The van der Waals surface area contributed by atoms with Gasteiger partial charge in [-0.2, -0.15) is 0 Å². The van der Waals surface area contributed by atoms with Crippen molar-refractivity contribution >= 4 is 17.6 Å². The lowest BCUT2D eigenvalue weighted by Gasteiger charge is -2.31. The molecule has 104 valence electrons. The SMILES string of the molecule is O=C(O)COC1CCN(Cc2ccc(Cl)cc2)CC1. The summed E-state index contributed by atoms with van der Waals surface area (Å²) in [5.74, 6) is -0.899. The summed E-state index contributed by atoms with van der Waals surface area (Å²) in [5, 5.41) is 9.32. The first-order valence-electron chi connectivity index (χ1n) is 6.43. The molecule has 1 saturated heterocycles.